The van der Waals surface area contributed by atoms with Crippen LogP contribution in [-0.2, 0) is 11.3 Å². The zero-order valence-electron chi connectivity index (χ0n) is 13.5. The summed E-state index contributed by atoms with van der Waals surface area (Å²) in [5.74, 6) is 1.24. The molecule has 0 unspecified atom stereocenters. The van der Waals surface area contributed by atoms with Gasteiger partial charge in [-0.05, 0) is 45.8 Å². The van der Waals surface area contributed by atoms with E-state index in [-0.39, 0.29) is 5.91 Å². The number of aromatic nitrogens is 2. The molecular formula is C18H16BrN3O2S. The van der Waals surface area contributed by atoms with Crippen molar-refractivity contribution >= 4 is 45.1 Å². The number of carbonyl (C=O) groups is 1. The SMILES string of the molecule is COc1ccc(C=CC(=O)Nc2ccnn2Cc2cc(Br)cs2)cc1. The van der Waals surface area contributed by atoms with E-state index in [1.54, 1.807) is 41.5 Å². The van der Waals surface area contributed by atoms with Crippen LogP contribution < -0.4 is 10.1 Å². The molecule has 25 heavy (non-hydrogen) atoms. The fraction of sp³-hybridized carbons (Fsp3) is 0.111. The van der Waals surface area contributed by atoms with Crippen LogP contribution >= 0.6 is 27.3 Å². The molecule has 2 aromatic heterocycles. The van der Waals surface area contributed by atoms with Crippen molar-refractivity contribution in [3.05, 3.63) is 69.0 Å². The minimum absolute atomic E-state index is 0.204. The lowest BCUT2D eigenvalue weighted by atomic mass is 10.2. The van der Waals surface area contributed by atoms with Gasteiger partial charge >= 0.3 is 0 Å². The lowest BCUT2D eigenvalue weighted by Gasteiger charge is -2.06. The molecule has 2 heterocycles. The topological polar surface area (TPSA) is 56.1 Å². The smallest absolute Gasteiger partial charge is 0.249 e. The molecule has 0 aliphatic rings. The van der Waals surface area contributed by atoms with Crippen molar-refractivity contribution in [2.75, 3.05) is 12.4 Å². The van der Waals surface area contributed by atoms with Crippen molar-refractivity contribution in [1.82, 2.24) is 9.78 Å². The van der Waals surface area contributed by atoms with Crippen molar-refractivity contribution in [2.45, 2.75) is 6.54 Å². The van der Waals surface area contributed by atoms with Crippen LogP contribution in [0.25, 0.3) is 6.08 Å². The average molecular weight is 418 g/mol. The molecule has 1 N–H and O–H groups in total. The highest BCUT2D eigenvalue weighted by atomic mass is 79.9. The molecule has 0 aliphatic heterocycles. The van der Waals surface area contributed by atoms with Gasteiger partial charge in [0.1, 0.15) is 11.6 Å². The summed E-state index contributed by atoms with van der Waals surface area (Å²) in [6.45, 7) is 0.612. The number of benzene rings is 1. The zero-order chi connectivity index (χ0) is 17.6. The molecule has 5 nitrogen and oxygen atoms in total. The molecule has 0 saturated heterocycles. The van der Waals surface area contributed by atoms with Crippen LogP contribution in [0.5, 0.6) is 5.75 Å². The van der Waals surface area contributed by atoms with Crippen LogP contribution in [0.4, 0.5) is 5.82 Å². The van der Waals surface area contributed by atoms with Gasteiger partial charge in [-0.1, -0.05) is 12.1 Å². The molecule has 0 atom stereocenters. The lowest BCUT2D eigenvalue weighted by molar-refractivity contribution is -0.111. The molecule has 0 spiro atoms. The maximum atomic E-state index is 12.1. The number of nitrogens with one attached hydrogen (secondary N) is 1. The molecule has 1 amide bonds. The highest BCUT2D eigenvalue weighted by Crippen LogP contribution is 2.21. The van der Waals surface area contributed by atoms with Gasteiger partial charge in [-0.15, -0.1) is 11.3 Å². The summed E-state index contributed by atoms with van der Waals surface area (Å²) in [6, 6.07) is 11.3. The fourth-order valence-electron chi connectivity index (χ4n) is 2.20. The van der Waals surface area contributed by atoms with Crippen LogP contribution in [0.15, 0.2) is 58.5 Å². The van der Waals surface area contributed by atoms with E-state index < -0.39 is 0 Å². The summed E-state index contributed by atoms with van der Waals surface area (Å²) in [6.07, 6.45) is 4.93. The largest absolute Gasteiger partial charge is 0.497 e. The Morgan fingerprint density at radius 2 is 2.16 bits per heavy atom. The summed E-state index contributed by atoms with van der Waals surface area (Å²) in [5, 5.41) is 9.14. The standard InChI is InChI=1S/C18H16BrN3O2S/c1-24-15-5-2-13(3-6-15)4-7-18(23)21-17-8-9-20-22(17)11-16-10-14(19)12-25-16/h2-10,12H,11H2,1H3,(H,21,23). The lowest BCUT2D eigenvalue weighted by Crippen LogP contribution is -2.13. The summed E-state index contributed by atoms with van der Waals surface area (Å²) >= 11 is 5.08. The Balaban J connectivity index is 1.63. The third-order valence-corrected chi connectivity index (χ3v) is 5.12. The maximum Gasteiger partial charge on any atom is 0.249 e. The third-order valence-electron chi connectivity index (χ3n) is 3.44. The number of anilines is 1. The second-order valence-corrected chi connectivity index (χ2v) is 7.11. The van der Waals surface area contributed by atoms with Gasteiger partial charge < -0.3 is 10.1 Å². The first-order valence-electron chi connectivity index (χ1n) is 7.52. The number of methoxy groups -OCH3 is 1. The summed E-state index contributed by atoms with van der Waals surface area (Å²) in [4.78, 5) is 13.3. The first-order valence-corrected chi connectivity index (χ1v) is 9.19. The number of halogens is 1. The number of hydrogen-bond donors (Lipinski definition) is 1. The van der Waals surface area contributed by atoms with E-state index in [1.807, 2.05) is 35.7 Å². The van der Waals surface area contributed by atoms with E-state index >= 15 is 0 Å². The number of thiophene rings is 1. The van der Waals surface area contributed by atoms with Gasteiger partial charge in [0.2, 0.25) is 5.91 Å². The Hall–Kier alpha value is -2.38. The molecule has 0 fully saturated rings. The molecule has 7 heteroatoms. The first kappa shape index (κ1) is 17.4. The summed E-state index contributed by atoms with van der Waals surface area (Å²) in [7, 11) is 1.62. The number of rotatable bonds is 6. The Labute approximate surface area is 158 Å². The van der Waals surface area contributed by atoms with Crippen LogP contribution in [0.1, 0.15) is 10.4 Å². The van der Waals surface area contributed by atoms with Crippen LogP contribution in [0.2, 0.25) is 0 Å². The second-order valence-electron chi connectivity index (χ2n) is 5.20. The highest BCUT2D eigenvalue weighted by Gasteiger charge is 2.07. The van der Waals surface area contributed by atoms with Crippen molar-refractivity contribution < 1.29 is 9.53 Å². The molecule has 0 saturated carbocycles. The number of nitrogens with zero attached hydrogens (tertiary/aromatic N) is 2. The number of hydrogen-bond acceptors (Lipinski definition) is 4. The van der Waals surface area contributed by atoms with E-state index in [1.165, 1.54) is 6.08 Å². The predicted molar refractivity (Wildman–Crippen MR) is 104 cm³/mol. The van der Waals surface area contributed by atoms with Gasteiger partial charge in [0, 0.05) is 26.9 Å². The van der Waals surface area contributed by atoms with Gasteiger partial charge in [0.05, 0.1) is 19.9 Å². The monoisotopic (exact) mass is 417 g/mol. The van der Waals surface area contributed by atoms with E-state index in [0.29, 0.717) is 12.4 Å². The number of amides is 1. The molecule has 1 aromatic carbocycles. The highest BCUT2D eigenvalue weighted by molar-refractivity contribution is 9.10. The third kappa shape index (κ3) is 4.80. The van der Waals surface area contributed by atoms with Crippen molar-refractivity contribution in [1.29, 1.82) is 0 Å². The van der Waals surface area contributed by atoms with Crippen LogP contribution in [0.3, 0.4) is 0 Å². The Morgan fingerprint density at radius 3 is 2.84 bits per heavy atom. The second kappa shape index (κ2) is 8.13. The molecule has 128 valence electrons. The normalized spacial score (nSPS) is 11.0. The number of ether oxygens (including phenoxy) is 1. The van der Waals surface area contributed by atoms with Gasteiger partial charge in [-0.25, -0.2) is 4.68 Å². The van der Waals surface area contributed by atoms with Gasteiger partial charge in [-0.2, -0.15) is 5.10 Å². The number of carbonyl (C=O) groups excluding carboxylic acids is 1. The van der Waals surface area contributed by atoms with E-state index in [2.05, 4.69) is 26.3 Å². The Bertz CT molecular complexity index is 884. The molecule has 0 radical (unpaired) electrons. The van der Waals surface area contributed by atoms with Crippen LogP contribution in [0, 0.1) is 0 Å². The maximum absolute atomic E-state index is 12.1. The molecule has 0 bridgehead atoms. The van der Waals surface area contributed by atoms with Gasteiger partial charge in [0.15, 0.2) is 0 Å². The van der Waals surface area contributed by atoms with E-state index in [4.69, 9.17) is 4.74 Å². The van der Waals surface area contributed by atoms with Crippen molar-refractivity contribution in [2.24, 2.45) is 0 Å². The van der Waals surface area contributed by atoms with Gasteiger partial charge in [-0.3, -0.25) is 4.79 Å². The van der Waals surface area contributed by atoms with Crippen LogP contribution in [-0.4, -0.2) is 22.8 Å². The van der Waals surface area contributed by atoms with Gasteiger partial charge in [0.25, 0.3) is 0 Å². The van der Waals surface area contributed by atoms with E-state index in [0.717, 1.165) is 20.7 Å². The predicted octanol–water partition coefficient (Wildman–Crippen LogP) is 4.42. The molecule has 0 aliphatic carbocycles. The summed E-state index contributed by atoms with van der Waals surface area (Å²) in [5.41, 5.74) is 0.924. The molecule has 3 rings (SSSR count). The Kier molecular flexibility index (Phi) is 5.67. The molecule has 3 aromatic rings. The average Bonchev–Trinajstić information content (AvgIpc) is 3.23. The Morgan fingerprint density at radius 1 is 1.36 bits per heavy atom. The van der Waals surface area contributed by atoms with E-state index in [9.17, 15) is 4.79 Å². The minimum Gasteiger partial charge on any atom is -0.497 e. The first-order chi connectivity index (χ1) is 12.1. The fourth-order valence-corrected chi connectivity index (χ4v) is 3.64. The minimum atomic E-state index is -0.204. The van der Waals surface area contributed by atoms with Crippen molar-refractivity contribution in [3.8, 4) is 5.75 Å². The molecular weight excluding hydrogens is 402 g/mol. The summed E-state index contributed by atoms with van der Waals surface area (Å²) < 4.78 is 7.92. The zero-order valence-corrected chi connectivity index (χ0v) is 15.9. The van der Waals surface area contributed by atoms with Crippen molar-refractivity contribution in [3.63, 3.8) is 0 Å². The quantitative estimate of drug-likeness (QED) is 0.604.